The van der Waals surface area contributed by atoms with E-state index >= 15 is 0 Å². The third kappa shape index (κ3) is 4.80. The molecule has 3 heteroatoms. The average molecular weight is 305 g/mol. The normalized spacial score (nSPS) is 17.8. The largest absolute Gasteiger partial charge is 0.389 e. The van der Waals surface area contributed by atoms with E-state index in [0.717, 1.165) is 45.3 Å². The van der Waals surface area contributed by atoms with Crippen LogP contribution < -0.4 is 0 Å². The van der Waals surface area contributed by atoms with Gasteiger partial charge in [0.15, 0.2) is 0 Å². The Morgan fingerprint density at radius 3 is 2.41 bits per heavy atom. The van der Waals surface area contributed by atoms with Crippen LogP contribution in [0.2, 0.25) is 0 Å². The monoisotopic (exact) mass is 305 g/mol. The Morgan fingerprint density at radius 1 is 1.18 bits per heavy atom. The lowest BCUT2D eigenvalue weighted by Gasteiger charge is -2.37. The summed E-state index contributed by atoms with van der Waals surface area (Å²) < 4.78 is 6.09. The molecule has 1 saturated heterocycles. The van der Waals surface area contributed by atoms with Gasteiger partial charge < -0.3 is 14.7 Å². The molecule has 1 aliphatic rings. The highest BCUT2D eigenvalue weighted by molar-refractivity contribution is 5.24. The second kappa shape index (κ2) is 8.09. The van der Waals surface area contributed by atoms with Crippen LogP contribution in [-0.2, 0) is 11.3 Å². The predicted molar refractivity (Wildman–Crippen MR) is 91.0 cm³/mol. The third-order valence-corrected chi connectivity index (χ3v) is 5.10. The van der Waals surface area contributed by atoms with Crippen LogP contribution in [0.5, 0.6) is 0 Å². The minimum atomic E-state index is -0.519. The maximum atomic E-state index is 10.5. The van der Waals surface area contributed by atoms with Crippen LogP contribution in [0.15, 0.2) is 24.3 Å². The highest BCUT2D eigenvalue weighted by atomic mass is 16.5. The zero-order chi connectivity index (χ0) is 16.0. The molecule has 1 heterocycles. The SMILES string of the molecule is CCC(O)(CC)CN1CCC(OCc2ccccc2C)CC1. The molecule has 0 atom stereocenters. The number of benzene rings is 1. The van der Waals surface area contributed by atoms with Gasteiger partial charge in [-0.05, 0) is 43.7 Å². The molecule has 1 aromatic carbocycles. The van der Waals surface area contributed by atoms with E-state index in [-0.39, 0.29) is 0 Å². The Balaban J connectivity index is 1.74. The number of piperidine rings is 1. The summed E-state index contributed by atoms with van der Waals surface area (Å²) >= 11 is 0. The van der Waals surface area contributed by atoms with E-state index in [1.807, 2.05) is 0 Å². The van der Waals surface area contributed by atoms with Crippen LogP contribution in [0.3, 0.4) is 0 Å². The van der Waals surface area contributed by atoms with Gasteiger partial charge in [0, 0.05) is 19.6 Å². The van der Waals surface area contributed by atoms with Crippen molar-refractivity contribution < 1.29 is 9.84 Å². The molecule has 1 N–H and O–H groups in total. The van der Waals surface area contributed by atoms with E-state index in [9.17, 15) is 5.11 Å². The number of nitrogens with zero attached hydrogens (tertiary/aromatic N) is 1. The first-order valence-corrected chi connectivity index (χ1v) is 8.67. The highest BCUT2D eigenvalue weighted by Gasteiger charge is 2.28. The molecule has 3 nitrogen and oxygen atoms in total. The number of ether oxygens (including phenoxy) is 1. The van der Waals surface area contributed by atoms with Crippen LogP contribution in [0, 0.1) is 6.92 Å². The van der Waals surface area contributed by atoms with Gasteiger partial charge in [-0.1, -0.05) is 38.1 Å². The molecule has 0 amide bonds. The van der Waals surface area contributed by atoms with Gasteiger partial charge in [-0.3, -0.25) is 0 Å². The van der Waals surface area contributed by atoms with Crippen molar-refractivity contribution in [1.29, 1.82) is 0 Å². The Labute approximate surface area is 135 Å². The van der Waals surface area contributed by atoms with Gasteiger partial charge in [-0.15, -0.1) is 0 Å². The molecular formula is C19H31NO2. The van der Waals surface area contributed by atoms with Gasteiger partial charge in [0.25, 0.3) is 0 Å². The highest BCUT2D eigenvalue weighted by Crippen LogP contribution is 2.21. The molecule has 0 aromatic heterocycles. The Kier molecular flexibility index (Phi) is 6.42. The van der Waals surface area contributed by atoms with Crippen molar-refractivity contribution in [1.82, 2.24) is 4.90 Å². The average Bonchev–Trinajstić information content (AvgIpc) is 2.55. The fourth-order valence-corrected chi connectivity index (χ4v) is 3.10. The Hall–Kier alpha value is -0.900. The standard InChI is InChI=1S/C19H31NO2/c1-4-19(21,5-2)15-20-12-10-18(11-13-20)22-14-17-9-7-6-8-16(17)3/h6-9,18,21H,4-5,10-15H2,1-3H3. The molecule has 1 aliphatic heterocycles. The van der Waals surface area contributed by atoms with Gasteiger partial charge in [0.2, 0.25) is 0 Å². The van der Waals surface area contributed by atoms with Gasteiger partial charge >= 0.3 is 0 Å². The van der Waals surface area contributed by atoms with E-state index in [2.05, 4.69) is 49.9 Å². The molecule has 0 radical (unpaired) electrons. The minimum Gasteiger partial charge on any atom is -0.389 e. The van der Waals surface area contributed by atoms with Crippen LogP contribution >= 0.6 is 0 Å². The minimum absolute atomic E-state index is 0.354. The third-order valence-electron chi connectivity index (χ3n) is 5.10. The zero-order valence-electron chi connectivity index (χ0n) is 14.3. The summed E-state index contributed by atoms with van der Waals surface area (Å²) in [6.45, 7) is 9.85. The van der Waals surface area contributed by atoms with Gasteiger partial charge in [-0.2, -0.15) is 0 Å². The zero-order valence-corrected chi connectivity index (χ0v) is 14.3. The summed E-state index contributed by atoms with van der Waals surface area (Å²) in [5, 5.41) is 10.5. The lowest BCUT2D eigenvalue weighted by molar-refractivity contribution is -0.0389. The number of aryl methyl sites for hydroxylation is 1. The van der Waals surface area contributed by atoms with Gasteiger partial charge in [0.05, 0.1) is 18.3 Å². The van der Waals surface area contributed by atoms with Crippen molar-refractivity contribution in [2.45, 2.75) is 64.8 Å². The van der Waals surface area contributed by atoms with Gasteiger partial charge in [-0.25, -0.2) is 0 Å². The van der Waals surface area contributed by atoms with Crippen molar-refractivity contribution in [3.05, 3.63) is 35.4 Å². The maximum Gasteiger partial charge on any atom is 0.0768 e. The van der Waals surface area contributed by atoms with Gasteiger partial charge in [0.1, 0.15) is 0 Å². The molecule has 0 unspecified atom stereocenters. The second-order valence-corrected chi connectivity index (χ2v) is 6.64. The summed E-state index contributed by atoms with van der Waals surface area (Å²) in [6, 6.07) is 8.43. The number of likely N-dealkylation sites (tertiary alicyclic amines) is 1. The smallest absolute Gasteiger partial charge is 0.0768 e. The summed E-state index contributed by atoms with van der Waals surface area (Å²) in [5.74, 6) is 0. The van der Waals surface area contributed by atoms with E-state index in [1.165, 1.54) is 11.1 Å². The number of β-amino-alcohol motifs (C(OH)–C–C–N with tert-alkyl or cyclic N) is 1. The topological polar surface area (TPSA) is 32.7 Å². The molecule has 0 saturated carbocycles. The predicted octanol–water partition coefficient (Wildman–Crippen LogP) is 3.53. The van der Waals surface area contributed by atoms with Crippen molar-refractivity contribution in [2.24, 2.45) is 0 Å². The number of hydrogen-bond acceptors (Lipinski definition) is 3. The molecule has 124 valence electrons. The van der Waals surface area contributed by atoms with Crippen LogP contribution in [0.1, 0.15) is 50.7 Å². The quantitative estimate of drug-likeness (QED) is 0.836. The summed E-state index contributed by atoms with van der Waals surface area (Å²) in [5.41, 5.74) is 2.07. The van der Waals surface area contributed by atoms with Crippen molar-refractivity contribution in [3.8, 4) is 0 Å². The molecule has 2 rings (SSSR count). The lowest BCUT2D eigenvalue weighted by atomic mass is 9.95. The summed E-state index contributed by atoms with van der Waals surface area (Å²) in [4.78, 5) is 2.39. The first-order valence-electron chi connectivity index (χ1n) is 8.67. The maximum absolute atomic E-state index is 10.5. The van der Waals surface area contributed by atoms with Crippen LogP contribution in [-0.4, -0.2) is 41.3 Å². The first kappa shape index (κ1) is 17.5. The first-order chi connectivity index (χ1) is 10.6. The molecule has 1 fully saturated rings. The van der Waals surface area contributed by atoms with Crippen molar-refractivity contribution >= 4 is 0 Å². The van der Waals surface area contributed by atoms with E-state index < -0.39 is 5.60 Å². The molecular weight excluding hydrogens is 274 g/mol. The summed E-state index contributed by atoms with van der Waals surface area (Å²) in [7, 11) is 0. The fraction of sp³-hybridized carbons (Fsp3) is 0.684. The molecule has 22 heavy (non-hydrogen) atoms. The van der Waals surface area contributed by atoms with E-state index in [0.29, 0.717) is 12.7 Å². The van der Waals surface area contributed by atoms with Crippen molar-refractivity contribution in [3.63, 3.8) is 0 Å². The second-order valence-electron chi connectivity index (χ2n) is 6.64. The van der Waals surface area contributed by atoms with Crippen LogP contribution in [0.25, 0.3) is 0 Å². The summed E-state index contributed by atoms with van der Waals surface area (Å²) in [6.07, 6.45) is 4.14. The molecule has 0 spiro atoms. The lowest BCUT2D eigenvalue weighted by Crippen LogP contribution is -2.46. The van der Waals surface area contributed by atoms with E-state index in [1.54, 1.807) is 0 Å². The molecule has 1 aromatic rings. The molecule has 0 aliphatic carbocycles. The Morgan fingerprint density at radius 2 is 1.82 bits per heavy atom. The molecule has 0 bridgehead atoms. The number of hydrogen-bond donors (Lipinski definition) is 1. The van der Waals surface area contributed by atoms with Crippen LogP contribution in [0.4, 0.5) is 0 Å². The van der Waals surface area contributed by atoms with Crippen molar-refractivity contribution in [2.75, 3.05) is 19.6 Å². The fourth-order valence-electron chi connectivity index (χ4n) is 3.10. The Bertz CT molecular complexity index is 449. The van der Waals surface area contributed by atoms with E-state index in [4.69, 9.17) is 4.74 Å². The number of rotatable bonds is 7. The number of aliphatic hydroxyl groups is 1.